The maximum atomic E-state index is 9.81. The summed E-state index contributed by atoms with van der Waals surface area (Å²) in [5, 5.41) is 9.81. The van der Waals surface area contributed by atoms with Gasteiger partial charge in [-0.1, -0.05) is 6.07 Å². The van der Waals surface area contributed by atoms with E-state index >= 15 is 0 Å². The van der Waals surface area contributed by atoms with Gasteiger partial charge in [-0.15, -0.1) is 0 Å². The molecule has 0 bridgehead atoms. The van der Waals surface area contributed by atoms with E-state index in [9.17, 15) is 5.11 Å². The maximum absolute atomic E-state index is 9.81. The summed E-state index contributed by atoms with van der Waals surface area (Å²) in [6, 6.07) is 5.13. The molecule has 1 N–H and O–H groups in total. The van der Waals surface area contributed by atoms with Gasteiger partial charge in [-0.25, -0.2) is 4.98 Å². The summed E-state index contributed by atoms with van der Waals surface area (Å²) in [6.07, 6.45) is 3.48. The van der Waals surface area contributed by atoms with E-state index in [1.807, 2.05) is 6.92 Å². The van der Waals surface area contributed by atoms with Crippen LogP contribution in [0.1, 0.15) is 30.5 Å². The predicted molar refractivity (Wildman–Crippen MR) is 93.8 cm³/mol. The minimum Gasteiger partial charge on any atom is -0.394 e. The monoisotopic (exact) mass is 318 g/mol. The van der Waals surface area contributed by atoms with Crippen LogP contribution in [-0.2, 0) is 6.54 Å². The Morgan fingerprint density at radius 1 is 1.13 bits per heavy atom. The standard InChI is InChI=1S/C18H30N4O/c1-14-4-5-15-12-22(16-6-9-20(2)10-7-16)11-8-17(13-23)21(3)18(15)19-14/h4-5,16-17,23H,6-13H2,1-3H3/t17-/m0/s1. The van der Waals surface area contributed by atoms with Gasteiger partial charge in [-0.3, -0.25) is 4.90 Å². The number of piperidine rings is 1. The Labute approximate surface area is 139 Å². The molecule has 5 nitrogen and oxygen atoms in total. The van der Waals surface area contributed by atoms with Crippen LogP contribution in [0.15, 0.2) is 12.1 Å². The Kier molecular flexibility index (Phi) is 5.19. The molecule has 0 saturated carbocycles. The largest absolute Gasteiger partial charge is 0.394 e. The van der Waals surface area contributed by atoms with E-state index in [0.29, 0.717) is 6.04 Å². The number of hydrogen-bond donors (Lipinski definition) is 1. The molecule has 1 saturated heterocycles. The van der Waals surface area contributed by atoms with Crippen LogP contribution in [0, 0.1) is 6.92 Å². The first kappa shape index (κ1) is 16.7. The average molecular weight is 318 g/mol. The Hall–Kier alpha value is -1.17. The summed E-state index contributed by atoms with van der Waals surface area (Å²) < 4.78 is 0. The van der Waals surface area contributed by atoms with E-state index in [1.54, 1.807) is 0 Å². The number of rotatable bonds is 2. The Bertz CT molecular complexity index is 528. The molecule has 3 heterocycles. The lowest BCUT2D eigenvalue weighted by Gasteiger charge is -2.41. The molecule has 1 fully saturated rings. The highest BCUT2D eigenvalue weighted by atomic mass is 16.3. The molecule has 128 valence electrons. The summed E-state index contributed by atoms with van der Waals surface area (Å²) in [7, 11) is 4.28. The minimum absolute atomic E-state index is 0.150. The van der Waals surface area contributed by atoms with Gasteiger partial charge in [-0.05, 0) is 52.4 Å². The van der Waals surface area contributed by atoms with Gasteiger partial charge >= 0.3 is 0 Å². The second-order valence-electron chi connectivity index (χ2n) is 7.18. The van der Waals surface area contributed by atoms with Crippen molar-refractivity contribution in [3.05, 3.63) is 23.4 Å². The van der Waals surface area contributed by atoms with E-state index < -0.39 is 0 Å². The zero-order valence-corrected chi connectivity index (χ0v) is 14.7. The van der Waals surface area contributed by atoms with Crippen molar-refractivity contribution in [3.63, 3.8) is 0 Å². The summed E-state index contributed by atoms with van der Waals surface area (Å²) in [6.45, 7) is 6.62. The van der Waals surface area contributed by atoms with Crippen LogP contribution in [0.5, 0.6) is 0 Å². The lowest BCUT2D eigenvalue weighted by molar-refractivity contribution is 0.105. The molecule has 1 aromatic rings. The predicted octanol–water partition coefficient (Wildman–Crippen LogP) is 1.49. The van der Waals surface area contributed by atoms with Crippen molar-refractivity contribution in [1.29, 1.82) is 0 Å². The van der Waals surface area contributed by atoms with Crippen molar-refractivity contribution >= 4 is 5.82 Å². The highest BCUT2D eigenvalue weighted by Gasteiger charge is 2.28. The number of aryl methyl sites for hydroxylation is 1. The van der Waals surface area contributed by atoms with Gasteiger partial charge in [0.05, 0.1) is 12.6 Å². The molecular weight excluding hydrogens is 288 g/mol. The number of nitrogens with zero attached hydrogens (tertiary/aromatic N) is 4. The van der Waals surface area contributed by atoms with Crippen molar-refractivity contribution in [1.82, 2.24) is 14.8 Å². The van der Waals surface area contributed by atoms with Crippen LogP contribution in [0.3, 0.4) is 0 Å². The molecule has 0 aromatic carbocycles. The summed E-state index contributed by atoms with van der Waals surface area (Å²) in [5.41, 5.74) is 2.33. The van der Waals surface area contributed by atoms with Gasteiger partial charge in [-0.2, -0.15) is 0 Å². The average Bonchev–Trinajstić information content (AvgIpc) is 2.55. The topological polar surface area (TPSA) is 42.8 Å². The van der Waals surface area contributed by atoms with Gasteiger partial charge in [0.1, 0.15) is 5.82 Å². The fourth-order valence-electron chi connectivity index (χ4n) is 3.87. The molecule has 3 rings (SSSR count). The number of aliphatic hydroxyl groups is 1. The van der Waals surface area contributed by atoms with Gasteiger partial charge in [0.15, 0.2) is 0 Å². The number of likely N-dealkylation sites (N-methyl/N-ethyl adjacent to an activating group) is 1. The van der Waals surface area contributed by atoms with E-state index in [-0.39, 0.29) is 12.6 Å². The van der Waals surface area contributed by atoms with Crippen LogP contribution in [-0.4, -0.2) is 72.3 Å². The fourth-order valence-corrected chi connectivity index (χ4v) is 3.87. The number of pyridine rings is 1. The molecule has 0 aliphatic carbocycles. The Morgan fingerprint density at radius 3 is 2.57 bits per heavy atom. The number of fused-ring (bicyclic) bond motifs is 1. The fraction of sp³-hybridized carbons (Fsp3) is 0.722. The first-order chi connectivity index (χ1) is 11.1. The van der Waals surface area contributed by atoms with Crippen molar-refractivity contribution in [2.45, 2.75) is 44.8 Å². The Balaban J connectivity index is 1.85. The minimum atomic E-state index is 0.150. The van der Waals surface area contributed by atoms with Gasteiger partial charge in [0.25, 0.3) is 0 Å². The van der Waals surface area contributed by atoms with Gasteiger partial charge < -0.3 is 14.9 Å². The number of hydrogen-bond acceptors (Lipinski definition) is 5. The molecule has 0 amide bonds. The highest BCUT2D eigenvalue weighted by Crippen LogP contribution is 2.28. The van der Waals surface area contributed by atoms with Gasteiger partial charge in [0, 0.05) is 37.4 Å². The molecule has 0 unspecified atom stereocenters. The number of aromatic nitrogens is 1. The molecule has 2 aliphatic heterocycles. The smallest absolute Gasteiger partial charge is 0.133 e. The maximum Gasteiger partial charge on any atom is 0.133 e. The van der Waals surface area contributed by atoms with Crippen LogP contribution < -0.4 is 4.90 Å². The van der Waals surface area contributed by atoms with E-state index in [4.69, 9.17) is 4.98 Å². The lowest BCUT2D eigenvalue weighted by atomic mass is 10.00. The first-order valence-corrected chi connectivity index (χ1v) is 8.81. The Morgan fingerprint density at radius 2 is 1.87 bits per heavy atom. The van der Waals surface area contributed by atoms with E-state index in [2.05, 4.69) is 40.9 Å². The zero-order valence-electron chi connectivity index (χ0n) is 14.7. The van der Waals surface area contributed by atoms with E-state index in [0.717, 1.165) is 31.0 Å². The molecule has 2 aliphatic rings. The molecule has 1 atom stereocenters. The first-order valence-electron chi connectivity index (χ1n) is 8.81. The number of anilines is 1. The third-order valence-electron chi connectivity index (χ3n) is 5.52. The highest BCUT2D eigenvalue weighted by molar-refractivity contribution is 5.48. The summed E-state index contributed by atoms with van der Waals surface area (Å²) >= 11 is 0. The number of aliphatic hydroxyl groups excluding tert-OH is 1. The summed E-state index contributed by atoms with van der Waals surface area (Å²) in [4.78, 5) is 12.0. The quantitative estimate of drug-likeness (QED) is 0.895. The molecular formula is C18H30N4O. The van der Waals surface area contributed by atoms with Crippen LogP contribution >= 0.6 is 0 Å². The van der Waals surface area contributed by atoms with Crippen molar-refractivity contribution in [3.8, 4) is 0 Å². The normalized spacial score (nSPS) is 25.0. The van der Waals surface area contributed by atoms with Gasteiger partial charge in [0.2, 0.25) is 0 Å². The second-order valence-corrected chi connectivity index (χ2v) is 7.18. The molecule has 0 radical (unpaired) electrons. The molecule has 23 heavy (non-hydrogen) atoms. The molecule has 0 spiro atoms. The van der Waals surface area contributed by atoms with Crippen molar-refractivity contribution in [2.75, 3.05) is 45.2 Å². The SMILES string of the molecule is Cc1ccc2c(n1)N(C)[C@H](CO)CCN(C1CCN(C)CC1)C2. The van der Waals surface area contributed by atoms with Crippen molar-refractivity contribution < 1.29 is 5.11 Å². The lowest BCUT2D eigenvalue weighted by Crippen LogP contribution is -2.47. The third-order valence-corrected chi connectivity index (χ3v) is 5.52. The van der Waals surface area contributed by atoms with Crippen LogP contribution in [0.25, 0.3) is 0 Å². The molecule has 5 heteroatoms. The molecule has 1 aromatic heterocycles. The second kappa shape index (κ2) is 7.16. The number of likely N-dealkylation sites (tertiary alicyclic amines) is 1. The van der Waals surface area contributed by atoms with Crippen LogP contribution in [0.2, 0.25) is 0 Å². The zero-order chi connectivity index (χ0) is 16.4. The van der Waals surface area contributed by atoms with Crippen molar-refractivity contribution in [2.24, 2.45) is 0 Å². The van der Waals surface area contributed by atoms with Crippen LogP contribution in [0.4, 0.5) is 5.82 Å². The summed E-state index contributed by atoms with van der Waals surface area (Å²) in [5.74, 6) is 1.04. The van der Waals surface area contributed by atoms with E-state index in [1.165, 1.54) is 31.5 Å². The third kappa shape index (κ3) is 3.67.